The van der Waals surface area contributed by atoms with Crippen LogP contribution in [0.15, 0.2) is 24.4 Å². The molecule has 2 aromatic heterocycles. The van der Waals surface area contributed by atoms with Crippen LogP contribution in [-0.4, -0.2) is 32.0 Å². The zero-order valence-corrected chi connectivity index (χ0v) is 18.2. The molecule has 1 unspecified atom stereocenters. The second-order valence-corrected chi connectivity index (χ2v) is 9.36. The van der Waals surface area contributed by atoms with Crippen molar-refractivity contribution >= 4 is 22.0 Å². The van der Waals surface area contributed by atoms with E-state index in [2.05, 4.69) is 15.4 Å². The van der Waals surface area contributed by atoms with Crippen LogP contribution < -0.4 is 16.8 Å². The van der Waals surface area contributed by atoms with Gasteiger partial charge in [0, 0.05) is 13.1 Å². The van der Waals surface area contributed by atoms with Crippen LogP contribution in [0.1, 0.15) is 43.3 Å². The van der Waals surface area contributed by atoms with Gasteiger partial charge >= 0.3 is 0 Å². The molecule has 2 aliphatic rings. The molecule has 2 aliphatic heterocycles. The van der Waals surface area contributed by atoms with Gasteiger partial charge in [-0.1, -0.05) is 17.4 Å². The second kappa shape index (κ2) is 7.77. The lowest BCUT2D eigenvalue weighted by molar-refractivity contribution is -0.0942. The van der Waals surface area contributed by atoms with E-state index in [4.69, 9.17) is 16.2 Å². The minimum Gasteiger partial charge on any atom is -0.389 e. The average molecular weight is 463 g/mol. The summed E-state index contributed by atoms with van der Waals surface area (Å²) in [6, 6.07) is 3.60. The number of halogens is 2. The largest absolute Gasteiger partial charge is 0.389 e. The maximum atomic E-state index is 14.2. The van der Waals surface area contributed by atoms with Gasteiger partial charge < -0.3 is 26.6 Å². The van der Waals surface area contributed by atoms with Crippen LogP contribution in [0.5, 0.6) is 0 Å². The lowest BCUT2D eigenvalue weighted by Crippen LogP contribution is -2.43. The Hall–Kier alpha value is -2.60. The lowest BCUT2D eigenvalue weighted by atomic mass is 9.89. The van der Waals surface area contributed by atoms with Crippen molar-refractivity contribution < 1.29 is 18.6 Å². The number of aromatic nitrogens is 3. The SMILES string of the molecule is Cn1ncc(NC(O)c2nc(-c3c(F)cccc3F)sc2N)c1[C@]12CC[C@H](O1)[C@@H](N)CC2. The molecule has 11 heteroatoms. The van der Waals surface area contributed by atoms with E-state index in [-0.39, 0.29) is 33.4 Å². The number of anilines is 2. The number of ether oxygens (including phenoxy) is 1. The Labute approximate surface area is 187 Å². The Morgan fingerprint density at radius 2 is 2.03 bits per heavy atom. The van der Waals surface area contributed by atoms with Gasteiger partial charge in [-0.25, -0.2) is 13.8 Å². The van der Waals surface area contributed by atoms with Gasteiger partial charge in [-0.15, -0.1) is 0 Å². The van der Waals surface area contributed by atoms with E-state index in [1.807, 2.05) is 7.05 Å². The summed E-state index contributed by atoms with van der Waals surface area (Å²) in [5, 5.41) is 18.4. The van der Waals surface area contributed by atoms with Crippen LogP contribution >= 0.6 is 11.3 Å². The van der Waals surface area contributed by atoms with E-state index in [1.54, 1.807) is 10.9 Å². The van der Waals surface area contributed by atoms with Crippen LogP contribution in [0.4, 0.5) is 19.5 Å². The summed E-state index contributed by atoms with van der Waals surface area (Å²) in [6.45, 7) is 0. The van der Waals surface area contributed by atoms with Crippen molar-refractivity contribution in [1.82, 2.24) is 14.8 Å². The minimum absolute atomic E-state index is 0.00355. The van der Waals surface area contributed by atoms with Crippen molar-refractivity contribution in [1.29, 1.82) is 0 Å². The van der Waals surface area contributed by atoms with Crippen LogP contribution in [0.2, 0.25) is 0 Å². The van der Waals surface area contributed by atoms with Crippen LogP contribution in [0.3, 0.4) is 0 Å². The summed E-state index contributed by atoms with van der Waals surface area (Å²) in [4.78, 5) is 4.23. The number of nitrogens with one attached hydrogen (secondary N) is 1. The van der Waals surface area contributed by atoms with E-state index < -0.39 is 23.5 Å². The number of aliphatic hydroxyl groups is 1. The number of thiazole rings is 1. The number of aryl methyl sites for hydroxylation is 1. The third-order valence-corrected chi connectivity index (χ3v) is 7.27. The zero-order valence-electron chi connectivity index (χ0n) is 17.4. The fraction of sp³-hybridized carbons (Fsp3) is 0.429. The molecule has 0 aliphatic carbocycles. The molecule has 4 atom stereocenters. The monoisotopic (exact) mass is 462 g/mol. The standard InChI is InChI=1S/C21H24F2N6O2S/c1-29-17(21-7-5-12(24)14(31-21)6-8-21)13(9-26-29)27-19(30)16-18(25)32-20(28-16)15-10(22)3-2-4-11(15)23/h2-4,9,12,14,19,27,30H,5-8,24-25H2,1H3/t12-,14-,19?,21-/m0/s1. The first-order chi connectivity index (χ1) is 15.3. The summed E-state index contributed by atoms with van der Waals surface area (Å²) in [5.41, 5.74) is 12.9. The quantitative estimate of drug-likeness (QED) is 0.430. The maximum absolute atomic E-state index is 14.2. The molecule has 2 saturated heterocycles. The fourth-order valence-electron chi connectivity index (χ4n) is 4.79. The van der Waals surface area contributed by atoms with Crippen LogP contribution in [0.25, 0.3) is 10.6 Å². The van der Waals surface area contributed by atoms with Gasteiger partial charge in [0.1, 0.15) is 32.9 Å². The highest BCUT2D eigenvalue weighted by molar-refractivity contribution is 7.18. The molecule has 2 fully saturated rings. The number of hydrogen-bond donors (Lipinski definition) is 4. The number of benzene rings is 1. The number of fused-ring (bicyclic) bond motifs is 2. The number of nitrogen functional groups attached to an aromatic ring is 1. The van der Waals surface area contributed by atoms with Gasteiger partial charge in [0.25, 0.3) is 0 Å². The molecule has 6 N–H and O–H groups in total. The van der Waals surface area contributed by atoms with Gasteiger partial charge in [-0.2, -0.15) is 5.10 Å². The molecule has 3 aromatic rings. The summed E-state index contributed by atoms with van der Waals surface area (Å²) in [6.07, 6.45) is 3.58. The molecule has 4 heterocycles. The number of hydrogen-bond acceptors (Lipinski definition) is 8. The lowest BCUT2D eigenvalue weighted by Gasteiger charge is -2.37. The van der Waals surface area contributed by atoms with Gasteiger partial charge in [0.05, 0.1) is 29.2 Å². The number of nitrogens with two attached hydrogens (primary N) is 2. The molecule has 0 amide bonds. The predicted octanol–water partition coefficient (Wildman–Crippen LogP) is 3.00. The summed E-state index contributed by atoms with van der Waals surface area (Å²) >= 11 is 0.910. The minimum atomic E-state index is -1.31. The zero-order chi connectivity index (χ0) is 22.6. The van der Waals surface area contributed by atoms with Gasteiger partial charge in [-0.05, 0) is 37.8 Å². The van der Waals surface area contributed by atoms with Crippen molar-refractivity contribution in [2.45, 2.75) is 49.7 Å². The van der Waals surface area contributed by atoms with E-state index in [0.29, 0.717) is 5.69 Å². The molecular weight excluding hydrogens is 438 g/mol. The summed E-state index contributed by atoms with van der Waals surface area (Å²) < 4.78 is 36.4. The first kappa shape index (κ1) is 21.3. The molecule has 2 bridgehead atoms. The van der Waals surface area contributed by atoms with E-state index >= 15 is 0 Å². The Morgan fingerprint density at radius 1 is 1.31 bits per heavy atom. The van der Waals surface area contributed by atoms with Crippen molar-refractivity contribution in [3.05, 3.63) is 47.4 Å². The molecule has 0 saturated carbocycles. The number of aliphatic hydroxyl groups excluding tert-OH is 1. The van der Waals surface area contributed by atoms with Crippen LogP contribution in [-0.2, 0) is 17.4 Å². The first-order valence-electron chi connectivity index (χ1n) is 10.4. The van der Waals surface area contributed by atoms with Gasteiger partial charge in [0.2, 0.25) is 0 Å². The third kappa shape index (κ3) is 3.36. The number of rotatable bonds is 5. The molecule has 8 nitrogen and oxygen atoms in total. The van der Waals surface area contributed by atoms with Crippen LogP contribution in [0, 0.1) is 11.6 Å². The van der Waals surface area contributed by atoms with E-state index in [1.165, 1.54) is 6.07 Å². The van der Waals surface area contributed by atoms with Gasteiger partial charge in [-0.3, -0.25) is 4.68 Å². The Morgan fingerprint density at radius 3 is 2.78 bits per heavy atom. The molecule has 5 rings (SSSR count). The molecule has 170 valence electrons. The molecule has 0 radical (unpaired) electrons. The first-order valence-corrected chi connectivity index (χ1v) is 11.2. The number of nitrogens with zero attached hydrogens (tertiary/aromatic N) is 3. The maximum Gasteiger partial charge on any atom is 0.171 e. The van der Waals surface area contributed by atoms with E-state index in [9.17, 15) is 13.9 Å². The van der Waals surface area contributed by atoms with E-state index in [0.717, 1.165) is 54.8 Å². The highest BCUT2D eigenvalue weighted by Crippen LogP contribution is 2.50. The molecule has 1 aromatic carbocycles. The Balaban J connectivity index is 1.44. The molecule has 0 spiro atoms. The highest BCUT2D eigenvalue weighted by atomic mass is 32.1. The Kier molecular flexibility index (Phi) is 5.16. The normalized spacial score (nSPS) is 25.8. The summed E-state index contributed by atoms with van der Waals surface area (Å²) in [7, 11) is 1.82. The van der Waals surface area contributed by atoms with Crippen molar-refractivity contribution in [3.8, 4) is 10.6 Å². The fourth-order valence-corrected chi connectivity index (χ4v) is 5.71. The topological polar surface area (TPSA) is 124 Å². The van der Waals surface area contributed by atoms with Crippen molar-refractivity contribution in [2.75, 3.05) is 11.1 Å². The predicted molar refractivity (Wildman–Crippen MR) is 117 cm³/mol. The summed E-state index contributed by atoms with van der Waals surface area (Å²) in [5.74, 6) is -1.49. The average Bonchev–Trinajstić information content (AvgIpc) is 3.42. The Bertz CT molecular complexity index is 1150. The molecular formula is C21H24F2N6O2S. The smallest absolute Gasteiger partial charge is 0.171 e. The van der Waals surface area contributed by atoms with Crippen molar-refractivity contribution in [2.24, 2.45) is 12.8 Å². The van der Waals surface area contributed by atoms with Crippen molar-refractivity contribution in [3.63, 3.8) is 0 Å². The van der Waals surface area contributed by atoms with Gasteiger partial charge in [0.15, 0.2) is 6.23 Å². The highest BCUT2D eigenvalue weighted by Gasteiger charge is 2.50. The molecule has 32 heavy (non-hydrogen) atoms. The second-order valence-electron chi connectivity index (χ2n) is 8.33. The third-order valence-electron chi connectivity index (χ3n) is 6.35.